The van der Waals surface area contributed by atoms with Crippen molar-refractivity contribution in [2.45, 2.75) is 57.5 Å². The van der Waals surface area contributed by atoms with Gasteiger partial charge in [-0.05, 0) is 43.2 Å². The fraction of sp³-hybridized carbons (Fsp3) is 0.647. The van der Waals surface area contributed by atoms with Gasteiger partial charge < -0.3 is 5.32 Å². The predicted molar refractivity (Wildman–Crippen MR) is 91.6 cm³/mol. The molecule has 23 heavy (non-hydrogen) atoms. The van der Waals surface area contributed by atoms with Crippen molar-refractivity contribution in [2.24, 2.45) is 0 Å². The summed E-state index contributed by atoms with van der Waals surface area (Å²) in [5.41, 5.74) is 1.32. The van der Waals surface area contributed by atoms with E-state index in [0.29, 0.717) is 0 Å². The van der Waals surface area contributed by atoms with Crippen molar-refractivity contribution < 1.29 is 9.59 Å². The van der Waals surface area contributed by atoms with E-state index in [1.807, 2.05) is 0 Å². The van der Waals surface area contributed by atoms with Crippen molar-refractivity contribution in [1.82, 2.24) is 15.5 Å². The molecular weight excluding hydrogens is 310 g/mol. The van der Waals surface area contributed by atoms with Gasteiger partial charge in [0.15, 0.2) is 0 Å². The molecule has 6 heteroatoms. The van der Waals surface area contributed by atoms with Crippen molar-refractivity contribution in [1.29, 1.82) is 0 Å². The summed E-state index contributed by atoms with van der Waals surface area (Å²) < 4.78 is 0. The number of fused-ring (bicyclic) bond motifs is 1. The van der Waals surface area contributed by atoms with Crippen molar-refractivity contribution >= 4 is 23.3 Å². The van der Waals surface area contributed by atoms with E-state index in [1.165, 1.54) is 16.9 Å². The number of nitrogens with zero attached hydrogens (tertiary/aromatic N) is 1. The summed E-state index contributed by atoms with van der Waals surface area (Å²) >= 11 is 1.79. The number of carbonyl (C=O) groups is 2. The summed E-state index contributed by atoms with van der Waals surface area (Å²) in [5.74, 6) is -0.219. The molecule has 5 nitrogen and oxygen atoms in total. The van der Waals surface area contributed by atoms with E-state index in [9.17, 15) is 9.59 Å². The minimum atomic E-state index is -0.345. The van der Waals surface area contributed by atoms with Crippen LogP contribution in [0.15, 0.2) is 11.4 Å². The average molecular weight is 335 g/mol. The van der Waals surface area contributed by atoms with Crippen LogP contribution in [0, 0.1) is 0 Å². The highest BCUT2D eigenvalue weighted by Crippen LogP contribution is 2.32. The van der Waals surface area contributed by atoms with Crippen molar-refractivity contribution in [3.8, 4) is 0 Å². The molecule has 3 rings (SSSR count). The number of carbonyl (C=O) groups excluding carboxylic acids is 2. The molecule has 0 radical (unpaired) electrons. The minimum absolute atomic E-state index is 0.219. The number of hydrogen-bond acceptors (Lipinski definition) is 4. The van der Waals surface area contributed by atoms with Crippen molar-refractivity contribution in [3.63, 3.8) is 0 Å². The number of rotatable bonds is 3. The van der Waals surface area contributed by atoms with E-state index in [2.05, 4.69) is 33.9 Å². The topological polar surface area (TPSA) is 61.4 Å². The van der Waals surface area contributed by atoms with E-state index < -0.39 is 0 Å². The highest BCUT2D eigenvalue weighted by Gasteiger charge is 2.26. The molecule has 0 aromatic carbocycles. The molecule has 1 aliphatic heterocycles. The maximum Gasteiger partial charge on any atom is 0.321 e. The Morgan fingerprint density at radius 2 is 2.09 bits per heavy atom. The van der Waals surface area contributed by atoms with Gasteiger partial charge in [-0.25, -0.2) is 4.79 Å². The maximum absolute atomic E-state index is 12.1. The number of hydrogen-bond donors (Lipinski definition) is 2. The van der Waals surface area contributed by atoms with Crippen LogP contribution >= 0.6 is 11.3 Å². The molecule has 2 heterocycles. The molecular formula is C17H25N3O2S. The first-order valence-electron chi connectivity index (χ1n) is 8.54. The third-order valence-corrected chi connectivity index (χ3v) is 5.94. The molecule has 1 saturated carbocycles. The Labute approximate surface area is 141 Å². The van der Waals surface area contributed by atoms with E-state index in [0.717, 1.165) is 38.6 Å². The van der Waals surface area contributed by atoms with Gasteiger partial charge in [0, 0.05) is 23.5 Å². The third-order valence-electron chi connectivity index (χ3n) is 4.94. The molecule has 126 valence electrons. The van der Waals surface area contributed by atoms with Crippen LogP contribution in [0.1, 0.15) is 55.5 Å². The van der Waals surface area contributed by atoms with Crippen molar-refractivity contribution in [2.75, 3.05) is 13.1 Å². The van der Waals surface area contributed by atoms with Gasteiger partial charge in [-0.15, -0.1) is 11.3 Å². The van der Waals surface area contributed by atoms with Gasteiger partial charge in [0.1, 0.15) is 0 Å². The predicted octanol–water partition coefficient (Wildman–Crippen LogP) is 2.83. The summed E-state index contributed by atoms with van der Waals surface area (Å²) in [7, 11) is 0. The van der Waals surface area contributed by atoms with Crippen LogP contribution in [-0.2, 0) is 11.2 Å². The Morgan fingerprint density at radius 3 is 2.87 bits per heavy atom. The maximum atomic E-state index is 12.1. The van der Waals surface area contributed by atoms with Crippen LogP contribution in [0.2, 0.25) is 0 Å². The molecule has 1 aromatic rings. The van der Waals surface area contributed by atoms with Crippen LogP contribution in [0.3, 0.4) is 0 Å². The first kappa shape index (κ1) is 16.5. The molecule has 2 aliphatic rings. The van der Waals surface area contributed by atoms with E-state index in [4.69, 9.17) is 0 Å². The zero-order valence-electron chi connectivity index (χ0n) is 13.6. The highest BCUT2D eigenvalue weighted by atomic mass is 32.1. The Morgan fingerprint density at radius 1 is 1.30 bits per heavy atom. The van der Waals surface area contributed by atoms with E-state index in [-0.39, 0.29) is 30.6 Å². The normalized spacial score (nSPS) is 22.4. The molecule has 1 atom stereocenters. The summed E-state index contributed by atoms with van der Waals surface area (Å²) in [6.07, 6.45) is 6.59. The summed E-state index contributed by atoms with van der Waals surface area (Å²) in [4.78, 5) is 27.6. The lowest BCUT2D eigenvalue weighted by Crippen LogP contribution is -2.49. The second-order valence-electron chi connectivity index (χ2n) is 6.55. The summed E-state index contributed by atoms with van der Waals surface area (Å²) in [6, 6.07) is 2.25. The fourth-order valence-electron chi connectivity index (χ4n) is 3.60. The van der Waals surface area contributed by atoms with Gasteiger partial charge in [0.25, 0.3) is 0 Å². The van der Waals surface area contributed by atoms with Gasteiger partial charge in [0.05, 0.1) is 6.54 Å². The average Bonchev–Trinajstić information content (AvgIpc) is 3.00. The largest absolute Gasteiger partial charge is 0.335 e. The van der Waals surface area contributed by atoms with E-state index in [1.54, 1.807) is 11.3 Å². The molecule has 0 bridgehead atoms. The van der Waals surface area contributed by atoms with Gasteiger partial charge in [-0.2, -0.15) is 0 Å². The second-order valence-corrected chi connectivity index (χ2v) is 7.55. The first-order chi connectivity index (χ1) is 11.1. The van der Waals surface area contributed by atoms with Gasteiger partial charge in [0.2, 0.25) is 5.91 Å². The number of nitrogens with one attached hydrogen (secondary N) is 2. The fourth-order valence-corrected chi connectivity index (χ4v) is 4.56. The number of amides is 3. The van der Waals surface area contributed by atoms with Crippen LogP contribution in [0.5, 0.6) is 0 Å². The number of imide groups is 1. The van der Waals surface area contributed by atoms with Gasteiger partial charge >= 0.3 is 6.03 Å². The molecule has 2 N–H and O–H groups in total. The van der Waals surface area contributed by atoms with Crippen LogP contribution < -0.4 is 10.6 Å². The SMILES string of the molecule is CC1c2ccsc2CCN1CC(=O)NC(=O)NC1CCCCC1. The van der Waals surface area contributed by atoms with Gasteiger partial charge in [-0.3, -0.25) is 15.0 Å². The minimum Gasteiger partial charge on any atom is -0.335 e. The van der Waals surface area contributed by atoms with Gasteiger partial charge in [-0.1, -0.05) is 19.3 Å². The highest BCUT2D eigenvalue weighted by molar-refractivity contribution is 7.10. The Bertz CT molecular complexity index is 566. The Hall–Kier alpha value is -1.40. The van der Waals surface area contributed by atoms with Crippen molar-refractivity contribution in [3.05, 3.63) is 21.9 Å². The standard InChI is InChI=1S/C17H25N3O2S/c1-12-14-8-10-23-15(14)7-9-20(12)11-16(21)19-17(22)18-13-5-3-2-4-6-13/h8,10,12-13H,2-7,9,11H2,1H3,(H2,18,19,21,22). The Kier molecular flexibility index (Phi) is 5.33. The second kappa shape index (κ2) is 7.45. The van der Waals surface area contributed by atoms with E-state index >= 15 is 0 Å². The monoisotopic (exact) mass is 335 g/mol. The number of thiophene rings is 1. The third kappa shape index (κ3) is 4.12. The smallest absolute Gasteiger partial charge is 0.321 e. The molecule has 3 amide bonds. The van der Waals surface area contributed by atoms with Crippen LogP contribution in [0.4, 0.5) is 4.79 Å². The zero-order chi connectivity index (χ0) is 16.2. The molecule has 1 aromatic heterocycles. The quantitative estimate of drug-likeness (QED) is 0.893. The molecule has 1 unspecified atom stereocenters. The summed E-state index contributed by atoms with van der Waals surface area (Å²) in [6.45, 7) is 3.26. The molecule has 1 aliphatic carbocycles. The lowest BCUT2D eigenvalue weighted by Gasteiger charge is -2.32. The Balaban J connectivity index is 1.46. The zero-order valence-corrected chi connectivity index (χ0v) is 14.5. The molecule has 1 fully saturated rings. The first-order valence-corrected chi connectivity index (χ1v) is 9.42. The van der Waals surface area contributed by atoms with Crippen LogP contribution in [-0.4, -0.2) is 36.0 Å². The number of urea groups is 1. The summed E-state index contributed by atoms with van der Waals surface area (Å²) in [5, 5.41) is 7.52. The lowest BCUT2D eigenvalue weighted by atomic mass is 9.96. The molecule has 0 saturated heterocycles. The van der Waals surface area contributed by atoms with Crippen LogP contribution in [0.25, 0.3) is 0 Å². The molecule has 0 spiro atoms. The lowest BCUT2D eigenvalue weighted by molar-refractivity contribution is -0.121.